The molecule has 1 aromatic rings. The minimum atomic E-state index is 0.0386. The van der Waals surface area contributed by atoms with Crippen LogP contribution in [0.25, 0.3) is 0 Å². The van der Waals surface area contributed by atoms with Crippen molar-refractivity contribution in [3.8, 4) is 0 Å². The maximum atomic E-state index is 11.7. The van der Waals surface area contributed by atoms with Crippen molar-refractivity contribution in [3.05, 3.63) is 21.3 Å². The van der Waals surface area contributed by atoms with Crippen LogP contribution in [0.5, 0.6) is 0 Å². The maximum Gasteiger partial charge on any atom is 0.140 e. The average molecular weight is 260 g/mol. The van der Waals surface area contributed by atoms with Crippen molar-refractivity contribution >= 4 is 28.7 Å². The van der Waals surface area contributed by atoms with Crippen molar-refractivity contribution in [1.29, 1.82) is 0 Å². The van der Waals surface area contributed by atoms with Crippen LogP contribution in [0.3, 0.4) is 0 Å². The largest absolute Gasteiger partial charge is 0.375 e. The highest BCUT2D eigenvalue weighted by Crippen LogP contribution is 2.22. The number of ether oxygens (including phenoxy) is 1. The first-order valence-corrected chi connectivity index (χ1v) is 6.52. The first-order chi connectivity index (χ1) is 7.74. The van der Waals surface area contributed by atoms with Crippen molar-refractivity contribution in [2.75, 3.05) is 19.7 Å². The molecule has 0 saturated carbocycles. The van der Waals surface area contributed by atoms with Gasteiger partial charge in [-0.3, -0.25) is 4.79 Å². The number of carbonyl (C=O) groups excluding carboxylic acids is 1. The molecule has 3 nitrogen and oxygen atoms in total. The molecule has 2 heterocycles. The van der Waals surface area contributed by atoms with Gasteiger partial charge in [0.15, 0.2) is 0 Å². The van der Waals surface area contributed by atoms with Crippen LogP contribution < -0.4 is 5.32 Å². The fourth-order valence-electron chi connectivity index (χ4n) is 1.72. The summed E-state index contributed by atoms with van der Waals surface area (Å²) in [6, 6.07) is 3.73. The van der Waals surface area contributed by atoms with Gasteiger partial charge in [-0.1, -0.05) is 11.6 Å². The molecule has 1 aromatic heterocycles. The van der Waals surface area contributed by atoms with E-state index in [1.54, 1.807) is 0 Å². The SMILES string of the molecule is O=C(Cc1ccc(Cl)s1)CC1CNCCO1. The predicted molar refractivity (Wildman–Crippen MR) is 65.3 cm³/mol. The Hall–Kier alpha value is -0.420. The number of morpholine rings is 1. The van der Waals surface area contributed by atoms with Crippen molar-refractivity contribution in [2.45, 2.75) is 18.9 Å². The number of thiophene rings is 1. The van der Waals surface area contributed by atoms with E-state index in [1.165, 1.54) is 11.3 Å². The number of hydrogen-bond acceptors (Lipinski definition) is 4. The summed E-state index contributed by atoms with van der Waals surface area (Å²) in [5, 5.41) is 3.21. The molecule has 1 aliphatic heterocycles. The number of hydrogen-bond donors (Lipinski definition) is 1. The third-order valence-electron chi connectivity index (χ3n) is 2.46. The van der Waals surface area contributed by atoms with E-state index >= 15 is 0 Å². The van der Waals surface area contributed by atoms with Gasteiger partial charge in [0.2, 0.25) is 0 Å². The maximum absolute atomic E-state index is 11.7. The summed E-state index contributed by atoms with van der Waals surface area (Å²) in [6.45, 7) is 2.35. The second-order valence-electron chi connectivity index (χ2n) is 3.82. The van der Waals surface area contributed by atoms with E-state index in [0.717, 1.165) is 22.3 Å². The van der Waals surface area contributed by atoms with Gasteiger partial charge in [-0.05, 0) is 12.1 Å². The molecule has 5 heteroatoms. The van der Waals surface area contributed by atoms with Gasteiger partial charge in [-0.2, -0.15) is 0 Å². The molecule has 1 fully saturated rings. The van der Waals surface area contributed by atoms with E-state index in [2.05, 4.69) is 5.32 Å². The molecule has 16 heavy (non-hydrogen) atoms. The van der Waals surface area contributed by atoms with E-state index < -0.39 is 0 Å². The molecule has 1 unspecified atom stereocenters. The molecule has 0 aliphatic carbocycles. The highest BCUT2D eigenvalue weighted by molar-refractivity contribution is 7.16. The van der Waals surface area contributed by atoms with Crippen LogP contribution in [-0.4, -0.2) is 31.6 Å². The van der Waals surface area contributed by atoms with Gasteiger partial charge in [0.05, 0.1) is 17.0 Å². The van der Waals surface area contributed by atoms with Gasteiger partial charge in [-0.15, -0.1) is 11.3 Å². The summed E-state index contributed by atoms with van der Waals surface area (Å²) in [4.78, 5) is 12.8. The Balaban J connectivity index is 1.79. The Morgan fingerprint density at radius 1 is 1.62 bits per heavy atom. The van der Waals surface area contributed by atoms with Crippen LogP contribution in [0.15, 0.2) is 12.1 Å². The number of Topliss-reactive ketones (excluding diaryl/α,β-unsaturated/α-hetero) is 1. The smallest absolute Gasteiger partial charge is 0.140 e. The lowest BCUT2D eigenvalue weighted by molar-refractivity contribution is -0.121. The van der Waals surface area contributed by atoms with E-state index in [0.29, 0.717) is 19.4 Å². The van der Waals surface area contributed by atoms with Crippen molar-refractivity contribution in [2.24, 2.45) is 0 Å². The first-order valence-electron chi connectivity index (χ1n) is 5.32. The molecular weight excluding hydrogens is 246 g/mol. The summed E-state index contributed by atoms with van der Waals surface area (Å²) in [6.07, 6.45) is 0.997. The monoisotopic (exact) mass is 259 g/mol. The predicted octanol–water partition coefficient (Wildman–Crippen LogP) is 1.89. The highest BCUT2D eigenvalue weighted by Gasteiger charge is 2.17. The second-order valence-corrected chi connectivity index (χ2v) is 5.62. The number of rotatable bonds is 4. The minimum absolute atomic E-state index is 0.0386. The van der Waals surface area contributed by atoms with Crippen molar-refractivity contribution in [1.82, 2.24) is 5.32 Å². The summed E-state index contributed by atoms with van der Waals surface area (Å²) >= 11 is 7.27. The Morgan fingerprint density at radius 3 is 3.12 bits per heavy atom. The molecule has 0 amide bonds. The van der Waals surface area contributed by atoms with E-state index in [4.69, 9.17) is 16.3 Å². The molecule has 0 bridgehead atoms. The fourth-order valence-corrected chi connectivity index (χ4v) is 2.83. The lowest BCUT2D eigenvalue weighted by Crippen LogP contribution is -2.39. The van der Waals surface area contributed by atoms with Crippen LogP contribution >= 0.6 is 22.9 Å². The summed E-state index contributed by atoms with van der Waals surface area (Å²) < 4.78 is 6.22. The topological polar surface area (TPSA) is 38.3 Å². The van der Waals surface area contributed by atoms with Gasteiger partial charge < -0.3 is 10.1 Å². The fraction of sp³-hybridized carbons (Fsp3) is 0.545. The Labute approximate surface area is 104 Å². The van der Waals surface area contributed by atoms with Crippen LogP contribution in [0.4, 0.5) is 0 Å². The van der Waals surface area contributed by atoms with E-state index in [1.807, 2.05) is 12.1 Å². The molecule has 0 radical (unpaired) electrons. The Bertz CT molecular complexity index is 361. The van der Waals surface area contributed by atoms with Gasteiger partial charge in [0.1, 0.15) is 5.78 Å². The normalized spacial score (nSPS) is 20.9. The average Bonchev–Trinajstić information content (AvgIpc) is 2.65. The van der Waals surface area contributed by atoms with Gasteiger partial charge >= 0.3 is 0 Å². The molecule has 2 rings (SSSR count). The molecule has 1 aliphatic rings. The summed E-state index contributed by atoms with van der Waals surface area (Å²) in [7, 11) is 0. The number of nitrogens with one attached hydrogen (secondary N) is 1. The molecule has 1 N–H and O–H groups in total. The molecule has 1 saturated heterocycles. The minimum Gasteiger partial charge on any atom is -0.375 e. The first kappa shape index (κ1) is 12.0. The van der Waals surface area contributed by atoms with Gasteiger partial charge in [-0.25, -0.2) is 0 Å². The number of halogens is 1. The lowest BCUT2D eigenvalue weighted by Gasteiger charge is -2.22. The Morgan fingerprint density at radius 2 is 2.50 bits per heavy atom. The van der Waals surface area contributed by atoms with Crippen molar-refractivity contribution < 1.29 is 9.53 Å². The molecule has 0 spiro atoms. The molecule has 1 atom stereocenters. The molecular formula is C11H14ClNO2S. The summed E-state index contributed by atoms with van der Waals surface area (Å²) in [5.74, 6) is 0.215. The van der Waals surface area contributed by atoms with E-state index in [-0.39, 0.29) is 11.9 Å². The van der Waals surface area contributed by atoms with Gasteiger partial charge in [0.25, 0.3) is 0 Å². The third-order valence-corrected chi connectivity index (χ3v) is 3.69. The number of ketones is 1. The highest BCUT2D eigenvalue weighted by atomic mass is 35.5. The van der Waals surface area contributed by atoms with Crippen LogP contribution in [-0.2, 0) is 16.0 Å². The Kier molecular flexibility index (Phi) is 4.35. The zero-order valence-corrected chi connectivity index (χ0v) is 10.4. The van der Waals surface area contributed by atoms with E-state index in [9.17, 15) is 4.79 Å². The van der Waals surface area contributed by atoms with Crippen LogP contribution in [0.1, 0.15) is 11.3 Å². The summed E-state index contributed by atoms with van der Waals surface area (Å²) in [5.41, 5.74) is 0. The second kappa shape index (κ2) is 5.77. The standard InChI is InChI=1S/C11H14ClNO2S/c12-11-2-1-10(16-11)6-8(14)5-9-7-13-3-4-15-9/h1-2,9,13H,3-7H2. The number of carbonyl (C=O) groups is 1. The molecule has 88 valence electrons. The van der Waals surface area contributed by atoms with Crippen LogP contribution in [0, 0.1) is 0 Å². The lowest BCUT2D eigenvalue weighted by atomic mass is 10.1. The van der Waals surface area contributed by atoms with Gasteiger partial charge in [0, 0.05) is 30.8 Å². The molecule has 0 aromatic carbocycles. The third kappa shape index (κ3) is 3.56. The van der Waals surface area contributed by atoms with Crippen molar-refractivity contribution in [3.63, 3.8) is 0 Å². The zero-order valence-electron chi connectivity index (χ0n) is 8.87. The zero-order chi connectivity index (χ0) is 11.4. The quantitative estimate of drug-likeness (QED) is 0.898. The van der Waals surface area contributed by atoms with Crippen LogP contribution in [0.2, 0.25) is 4.34 Å².